The van der Waals surface area contributed by atoms with Crippen molar-refractivity contribution in [1.29, 1.82) is 0 Å². The Balaban J connectivity index is 1.40. The summed E-state index contributed by atoms with van der Waals surface area (Å²) in [6, 6.07) is 12.2. The van der Waals surface area contributed by atoms with Gasteiger partial charge in [-0.3, -0.25) is 4.79 Å². The number of amides is 1. The SMILES string of the molecule is Cc1nc2c(cnn2C(C)C)cc1C(=O)NCCc1ccc(-n2cccn2)cc1. The summed E-state index contributed by atoms with van der Waals surface area (Å²) < 4.78 is 3.69. The van der Waals surface area contributed by atoms with E-state index >= 15 is 0 Å². The van der Waals surface area contributed by atoms with Gasteiger partial charge in [0.05, 0.1) is 23.1 Å². The zero-order chi connectivity index (χ0) is 20.4. The van der Waals surface area contributed by atoms with Gasteiger partial charge in [0, 0.05) is 30.4 Å². The largest absolute Gasteiger partial charge is 0.352 e. The number of pyridine rings is 1. The topological polar surface area (TPSA) is 77.6 Å². The number of nitrogens with one attached hydrogen (secondary N) is 1. The van der Waals surface area contributed by atoms with Crippen LogP contribution in [0.5, 0.6) is 0 Å². The molecular formula is C22H24N6O. The van der Waals surface area contributed by atoms with Gasteiger partial charge in [0.2, 0.25) is 0 Å². The normalized spacial score (nSPS) is 11.3. The van der Waals surface area contributed by atoms with Crippen LogP contribution in [-0.2, 0) is 6.42 Å². The molecule has 7 heteroatoms. The Labute approximate surface area is 169 Å². The van der Waals surface area contributed by atoms with E-state index in [2.05, 4.69) is 46.5 Å². The monoisotopic (exact) mass is 388 g/mol. The van der Waals surface area contributed by atoms with Crippen LogP contribution in [0.25, 0.3) is 16.7 Å². The maximum absolute atomic E-state index is 12.7. The van der Waals surface area contributed by atoms with E-state index in [0.717, 1.165) is 28.7 Å². The molecule has 0 unspecified atom stereocenters. The lowest BCUT2D eigenvalue weighted by Gasteiger charge is -2.10. The Morgan fingerprint density at radius 3 is 2.66 bits per heavy atom. The molecule has 148 valence electrons. The highest BCUT2D eigenvalue weighted by atomic mass is 16.1. The summed E-state index contributed by atoms with van der Waals surface area (Å²) >= 11 is 0. The Morgan fingerprint density at radius 2 is 1.97 bits per heavy atom. The molecule has 0 atom stereocenters. The van der Waals surface area contributed by atoms with Crippen molar-refractivity contribution in [2.75, 3.05) is 6.54 Å². The smallest absolute Gasteiger partial charge is 0.253 e. The molecule has 3 heterocycles. The third-order valence-corrected chi connectivity index (χ3v) is 4.90. The maximum Gasteiger partial charge on any atom is 0.253 e. The van der Waals surface area contributed by atoms with Crippen LogP contribution in [0.15, 0.2) is 55.0 Å². The van der Waals surface area contributed by atoms with Crippen molar-refractivity contribution in [3.63, 3.8) is 0 Å². The molecule has 0 fully saturated rings. The molecule has 0 saturated carbocycles. The standard InChI is InChI=1S/C22H24N6O/c1-15(2)28-21-18(14-25-28)13-20(16(3)26-21)22(29)23-11-9-17-5-7-19(8-6-17)27-12-4-10-24-27/h4-8,10,12-15H,9,11H2,1-3H3,(H,23,29). The number of carbonyl (C=O) groups excluding carboxylic acids is 1. The van der Waals surface area contributed by atoms with E-state index in [0.29, 0.717) is 17.8 Å². The number of hydrogen-bond donors (Lipinski definition) is 1. The first-order valence-corrected chi connectivity index (χ1v) is 9.75. The Bertz CT molecular complexity index is 1130. The number of rotatable bonds is 6. The van der Waals surface area contributed by atoms with Crippen LogP contribution in [0, 0.1) is 6.92 Å². The molecule has 3 aromatic heterocycles. The van der Waals surface area contributed by atoms with Gasteiger partial charge < -0.3 is 5.32 Å². The van der Waals surface area contributed by atoms with Crippen LogP contribution in [0.3, 0.4) is 0 Å². The first-order chi connectivity index (χ1) is 14.0. The van der Waals surface area contributed by atoms with E-state index < -0.39 is 0 Å². The molecule has 0 aliphatic heterocycles. The number of carbonyl (C=O) groups is 1. The van der Waals surface area contributed by atoms with Crippen molar-refractivity contribution < 1.29 is 4.79 Å². The summed E-state index contributed by atoms with van der Waals surface area (Å²) in [5, 5.41) is 12.5. The van der Waals surface area contributed by atoms with Gasteiger partial charge in [-0.1, -0.05) is 12.1 Å². The molecule has 0 saturated heterocycles. The molecule has 1 N–H and O–H groups in total. The molecule has 0 spiro atoms. The highest BCUT2D eigenvalue weighted by molar-refractivity contribution is 5.98. The van der Waals surface area contributed by atoms with E-state index in [-0.39, 0.29) is 11.9 Å². The van der Waals surface area contributed by atoms with E-state index in [4.69, 9.17) is 0 Å². The van der Waals surface area contributed by atoms with Crippen molar-refractivity contribution >= 4 is 16.9 Å². The molecule has 4 rings (SSSR count). The van der Waals surface area contributed by atoms with Crippen molar-refractivity contribution in [2.24, 2.45) is 0 Å². The van der Waals surface area contributed by atoms with Crippen LogP contribution in [0.1, 0.15) is 41.5 Å². The highest BCUT2D eigenvalue weighted by Gasteiger charge is 2.15. The summed E-state index contributed by atoms with van der Waals surface area (Å²) in [6.45, 7) is 6.54. The van der Waals surface area contributed by atoms with Crippen LogP contribution in [-0.4, -0.2) is 37.0 Å². The van der Waals surface area contributed by atoms with Crippen LogP contribution < -0.4 is 5.32 Å². The second kappa shape index (κ2) is 7.87. The van der Waals surface area contributed by atoms with Crippen LogP contribution >= 0.6 is 0 Å². The summed E-state index contributed by atoms with van der Waals surface area (Å²) in [4.78, 5) is 17.3. The van der Waals surface area contributed by atoms with E-state index in [9.17, 15) is 4.79 Å². The Kier molecular flexibility index (Phi) is 5.12. The molecule has 7 nitrogen and oxygen atoms in total. The van der Waals surface area contributed by atoms with Crippen molar-refractivity contribution in [3.8, 4) is 5.69 Å². The van der Waals surface area contributed by atoms with E-state index in [1.165, 1.54) is 0 Å². The maximum atomic E-state index is 12.7. The minimum Gasteiger partial charge on any atom is -0.352 e. The zero-order valence-corrected chi connectivity index (χ0v) is 16.8. The van der Waals surface area contributed by atoms with E-state index in [1.807, 2.05) is 46.7 Å². The van der Waals surface area contributed by atoms with Crippen LogP contribution in [0.2, 0.25) is 0 Å². The molecular weight excluding hydrogens is 364 g/mol. The van der Waals surface area contributed by atoms with E-state index in [1.54, 1.807) is 12.4 Å². The lowest BCUT2D eigenvalue weighted by atomic mass is 10.1. The second-order valence-electron chi connectivity index (χ2n) is 7.34. The highest BCUT2D eigenvalue weighted by Crippen LogP contribution is 2.19. The molecule has 1 aromatic carbocycles. The summed E-state index contributed by atoms with van der Waals surface area (Å²) in [7, 11) is 0. The first-order valence-electron chi connectivity index (χ1n) is 9.75. The number of aromatic nitrogens is 5. The van der Waals surface area contributed by atoms with Gasteiger partial charge in [-0.2, -0.15) is 10.2 Å². The van der Waals surface area contributed by atoms with Crippen molar-refractivity contribution in [3.05, 3.63) is 71.8 Å². The number of aryl methyl sites for hydroxylation is 1. The third kappa shape index (κ3) is 3.89. The Hall–Kier alpha value is -3.48. The quantitative estimate of drug-likeness (QED) is 0.549. The van der Waals surface area contributed by atoms with Crippen molar-refractivity contribution in [1.82, 2.24) is 29.9 Å². The fourth-order valence-electron chi connectivity index (χ4n) is 3.33. The minimum atomic E-state index is -0.109. The summed E-state index contributed by atoms with van der Waals surface area (Å²) in [5.41, 5.74) is 4.28. The Morgan fingerprint density at radius 1 is 1.17 bits per heavy atom. The van der Waals surface area contributed by atoms with Gasteiger partial charge >= 0.3 is 0 Å². The van der Waals surface area contributed by atoms with Gasteiger partial charge in [-0.25, -0.2) is 14.3 Å². The fourth-order valence-corrected chi connectivity index (χ4v) is 3.33. The minimum absolute atomic E-state index is 0.109. The first kappa shape index (κ1) is 18.9. The van der Waals surface area contributed by atoms with Crippen molar-refractivity contribution in [2.45, 2.75) is 33.2 Å². The number of hydrogen-bond acceptors (Lipinski definition) is 4. The van der Waals surface area contributed by atoms with Gasteiger partial charge in [0.25, 0.3) is 5.91 Å². The number of benzene rings is 1. The average molecular weight is 388 g/mol. The number of fused-ring (bicyclic) bond motifs is 1. The fraction of sp³-hybridized carbons (Fsp3) is 0.273. The lowest BCUT2D eigenvalue weighted by molar-refractivity contribution is 0.0953. The molecule has 0 aliphatic rings. The zero-order valence-electron chi connectivity index (χ0n) is 16.8. The molecule has 1 amide bonds. The van der Waals surface area contributed by atoms with Gasteiger partial charge in [0.15, 0.2) is 5.65 Å². The molecule has 0 bridgehead atoms. The third-order valence-electron chi connectivity index (χ3n) is 4.90. The predicted molar refractivity (Wildman–Crippen MR) is 112 cm³/mol. The summed E-state index contributed by atoms with van der Waals surface area (Å²) in [5.74, 6) is -0.109. The van der Waals surface area contributed by atoms with Gasteiger partial charge in [0.1, 0.15) is 0 Å². The average Bonchev–Trinajstić information content (AvgIpc) is 3.37. The summed E-state index contributed by atoms with van der Waals surface area (Å²) in [6.07, 6.45) is 6.18. The second-order valence-corrected chi connectivity index (χ2v) is 7.34. The lowest BCUT2D eigenvalue weighted by Crippen LogP contribution is -2.26. The van der Waals surface area contributed by atoms with Gasteiger partial charge in [-0.15, -0.1) is 0 Å². The molecule has 29 heavy (non-hydrogen) atoms. The molecule has 4 aromatic rings. The molecule has 0 aliphatic carbocycles. The predicted octanol–water partition coefficient (Wildman–Crippen LogP) is 3.48. The molecule has 0 radical (unpaired) electrons. The number of nitrogens with zero attached hydrogens (tertiary/aromatic N) is 5. The van der Waals surface area contributed by atoms with Gasteiger partial charge in [-0.05, 0) is 57.0 Å². The van der Waals surface area contributed by atoms with Crippen LogP contribution in [0.4, 0.5) is 0 Å².